The number of rotatable bonds is 4. The highest BCUT2D eigenvalue weighted by atomic mass is 16.7. The molecular formula is C14H20O4. The minimum Gasteiger partial charge on any atom is -0.496 e. The molecule has 0 spiro atoms. The molecule has 0 amide bonds. The van der Waals surface area contributed by atoms with Gasteiger partial charge in [-0.05, 0) is 31.0 Å². The van der Waals surface area contributed by atoms with E-state index < -0.39 is 6.10 Å². The first-order valence-corrected chi connectivity index (χ1v) is 6.18. The SMILES string of the molecule is COc1cc(C)cc(C)c1C(O)CC1OCCO1. The van der Waals surface area contributed by atoms with E-state index in [4.69, 9.17) is 14.2 Å². The molecule has 1 heterocycles. The molecule has 1 fully saturated rings. The van der Waals surface area contributed by atoms with Crippen LogP contribution in [0.3, 0.4) is 0 Å². The fraction of sp³-hybridized carbons (Fsp3) is 0.571. The van der Waals surface area contributed by atoms with Crippen molar-refractivity contribution in [3.63, 3.8) is 0 Å². The van der Waals surface area contributed by atoms with Crippen molar-refractivity contribution in [2.24, 2.45) is 0 Å². The Kier molecular flexibility index (Phi) is 4.22. The Hall–Kier alpha value is -1.10. The first-order chi connectivity index (χ1) is 8.61. The smallest absolute Gasteiger partial charge is 0.160 e. The predicted octanol–water partition coefficient (Wildman–Crippen LogP) is 2.11. The second kappa shape index (κ2) is 5.69. The fourth-order valence-electron chi connectivity index (χ4n) is 2.38. The normalized spacial score (nSPS) is 18.0. The summed E-state index contributed by atoms with van der Waals surface area (Å²) >= 11 is 0. The maximum atomic E-state index is 10.3. The van der Waals surface area contributed by atoms with Crippen LogP contribution in [0.1, 0.15) is 29.2 Å². The summed E-state index contributed by atoms with van der Waals surface area (Å²) in [6, 6.07) is 3.97. The van der Waals surface area contributed by atoms with Crippen molar-refractivity contribution < 1.29 is 19.3 Å². The Morgan fingerprint density at radius 1 is 1.33 bits per heavy atom. The lowest BCUT2D eigenvalue weighted by Gasteiger charge is -2.20. The van der Waals surface area contributed by atoms with E-state index in [9.17, 15) is 5.11 Å². The van der Waals surface area contributed by atoms with Crippen LogP contribution in [-0.2, 0) is 9.47 Å². The highest BCUT2D eigenvalue weighted by molar-refractivity contribution is 5.44. The van der Waals surface area contributed by atoms with Crippen LogP contribution in [0.2, 0.25) is 0 Å². The van der Waals surface area contributed by atoms with Crippen LogP contribution in [0.5, 0.6) is 5.75 Å². The predicted molar refractivity (Wildman–Crippen MR) is 67.7 cm³/mol. The number of methoxy groups -OCH3 is 1. The molecule has 1 N–H and O–H groups in total. The van der Waals surface area contributed by atoms with Crippen molar-refractivity contribution >= 4 is 0 Å². The van der Waals surface area contributed by atoms with Gasteiger partial charge in [0.1, 0.15) is 5.75 Å². The van der Waals surface area contributed by atoms with Crippen LogP contribution in [0.4, 0.5) is 0 Å². The molecule has 1 aliphatic rings. The van der Waals surface area contributed by atoms with Gasteiger partial charge in [-0.3, -0.25) is 0 Å². The Morgan fingerprint density at radius 3 is 2.61 bits per heavy atom. The van der Waals surface area contributed by atoms with Crippen molar-refractivity contribution in [3.8, 4) is 5.75 Å². The summed E-state index contributed by atoms with van der Waals surface area (Å²) in [5, 5.41) is 10.3. The van der Waals surface area contributed by atoms with E-state index in [2.05, 4.69) is 0 Å². The van der Waals surface area contributed by atoms with Crippen molar-refractivity contribution in [1.82, 2.24) is 0 Å². The fourth-order valence-corrected chi connectivity index (χ4v) is 2.38. The topological polar surface area (TPSA) is 47.9 Å². The van der Waals surface area contributed by atoms with Crippen LogP contribution in [0.15, 0.2) is 12.1 Å². The van der Waals surface area contributed by atoms with Gasteiger partial charge in [0, 0.05) is 12.0 Å². The highest BCUT2D eigenvalue weighted by Crippen LogP contribution is 2.33. The lowest BCUT2D eigenvalue weighted by atomic mass is 9.97. The molecule has 2 rings (SSSR count). The molecule has 1 aromatic carbocycles. The van der Waals surface area contributed by atoms with Crippen molar-refractivity contribution in [3.05, 3.63) is 28.8 Å². The van der Waals surface area contributed by atoms with Crippen molar-refractivity contribution in [2.45, 2.75) is 32.7 Å². The molecule has 0 saturated carbocycles. The summed E-state index contributed by atoms with van der Waals surface area (Å²) in [6.45, 7) is 5.18. The minimum atomic E-state index is -0.636. The second-order valence-corrected chi connectivity index (χ2v) is 4.62. The molecule has 18 heavy (non-hydrogen) atoms. The van der Waals surface area contributed by atoms with Gasteiger partial charge in [-0.25, -0.2) is 0 Å². The maximum absolute atomic E-state index is 10.3. The van der Waals surface area contributed by atoms with Gasteiger partial charge in [0.25, 0.3) is 0 Å². The molecule has 0 aliphatic carbocycles. The van der Waals surface area contributed by atoms with Gasteiger partial charge >= 0.3 is 0 Å². The van der Waals surface area contributed by atoms with Crippen LogP contribution in [-0.4, -0.2) is 31.7 Å². The molecule has 1 unspecified atom stereocenters. The maximum Gasteiger partial charge on any atom is 0.160 e. The molecule has 1 aliphatic heterocycles. The molecule has 4 heteroatoms. The van der Waals surface area contributed by atoms with Gasteiger partial charge in [-0.1, -0.05) is 6.07 Å². The van der Waals surface area contributed by atoms with Crippen molar-refractivity contribution in [1.29, 1.82) is 0 Å². The van der Waals surface area contributed by atoms with E-state index >= 15 is 0 Å². The Balaban J connectivity index is 2.20. The molecule has 0 bridgehead atoms. The zero-order valence-electron chi connectivity index (χ0n) is 11.1. The van der Waals surface area contributed by atoms with E-state index in [-0.39, 0.29) is 6.29 Å². The number of benzene rings is 1. The molecular weight excluding hydrogens is 232 g/mol. The van der Waals surface area contributed by atoms with Gasteiger partial charge < -0.3 is 19.3 Å². The average molecular weight is 252 g/mol. The van der Waals surface area contributed by atoms with Crippen LogP contribution >= 0.6 is 0 Å². The zero-order chi connectivity index (χ0) is 13.1. The second-order valence-electron chi connectivity index (χ2n) is 4.62. The number of aliphatic hydroxyl groups excluding tert-OH is 1. The number of hydrogen-bond donors (Lipinski definition) is 1. The Morgan fingerprint density at radius 2 is 2.00 bits per heavy atom. The van der Waals surface area contributed by atoms with Gasteiger partial charge in [0.05, 0.1) is 26.4 Å². The van der Waals surface area contributed by atoms with Crippen LogP contribution in [0, 0.1) is 13.8 Å². The van der Waals surface area contributed by atoms with E-state index in [1.165, 1.54) is 0 Å². The number of ether oxygens (including phenoxy) is 3. The number of aryl methyl sites for hydroxylation is 2. The summed E-state index contributed by atoms with van der Waals surface area (Å²) in [5.74, 6) is 0.720. The van der Waals surface area contributed by atoms with Gasteiger partial charge in [0.15, 0.2) is 6.29 Å². The lowest BCUT2D eigenvalue weighted by Crippen LogP contribution is -2.14. The quantitative estimate of drug-likeness (QED) is 0.891. The monoisotopic (exact) mass is 252 g/mol. The summed E-state index contributed by atoms with van der Waals surface area (Å²) in [4.78, 5) is 0. The summed E-state index contributed by atoms with van der Waals surface area (Å²) in [7, 11) is 1.62. The van der Waals surface area contributed by atoms with Crippen LogP contribution in [0.25, 0.3) is 0 Å². The molecule has 1 saturated heterocycles. The standard InChI is InChI=1S/C14H20O4/c1-9-6-10(2)14(12(7-9)16-3)11(15)8-13-17-4-5-18-13/h6-7,11,13,15H,4-5,8H2,1-3H3. The van der Waals surface area contributed by atoms with Crippen molar-refractivity contribution in [2.75, 3.05) is 20.3 Å². The molecule has 0 aromatic heterocycles. The van der Waals surface area contributed by atoms with E-state index in [1.807, 2.05) is 26.0 Å². The molecule has 1 atom stereocenters. The van der Waals surface area contributed by atoms with E-state index in [1.54, 1.807) is 7.11 Å². The highest BCUT2D eigenvalue weighted by Gasteiger charge is 2.24. The third kappa shape index (κ3) is 2.83. The summed E-state index contributed by atoms with van der Waals surface area (Å²) in [5.41, 5.74) is 2.97. The molecule has 100 valence electrons. The Bertz CT molecular complexity index is 411. The van der Waals surface area contributed by atoms with E-state index in [0.29, 0.717) is 19.6 Å². The third-order valence-corrected chi connectivity index (χ3v) is 3.15. The number of hydrogen-bond acceptors (Lipinski definition) is 4. The molecule has 0 radical (unpaired) electrons. The lowest BCUT2D eigenvalue weighted by molar-refractivity contribution is -0.0710. The first kappa shape index (κ1) is 13.3. The van der Waals surface area contributed by atoms with Crippen LogP contribution < -0.4 is 4.74 Å². The summed E-state index contributed by atoms with van der Waals surface area (Å²) in [6.07, 6.45) is -0.519. The summed E-state index contributed by atoms with van der Waals surface area (Å²) < 4.78 is 16.1. The van der Waals surface area contributed by atoms with Gasteiger partial charge in [-0.15, -0.1) is 0 Å². The molecule has 1 aromatic rings. The largest absolute Gasteiger partial charge is 0.496 e. The van der Waals surface area contributed by atoms with Gasteiger partial charge in [0.2, 0.25) is 0 Å². The third-order valence-electron chi connectivity index (χ3n) is 3.15. The van der Waals surface area contributed by atoms with Gasteiger partial charge in [-0.2, -0.15) is 0 Å². The minimum absolute atomic E-state index is 0.314. The molecule has 4 nitrogen and oxygen atoms in total. The zero-order valence-corrected chi connectivity index (χ0v) is 11.1. The Labute approximate surface area is 107 Å². The number of aliphatic hydroxyl groups is 1. The average Bonchev–Trinajstić information content (AvgIpc) is 2.80. The van der Waals surface area contributed by atoms with E-state index in [0.717, 1.165) is 22.4 Å². The first-order valence-electron chi connectivity index (χ1n) is 6.18.